The van der Waals surface area contributed by atoms with Crippen LogP contribution in [0, 0.1) is 5.92 Å². The molecule has 0 aliphatic carbocycles. The molecule has 0 aromatic heterocycles. The van der Waals surface area contributed by atoms with Gasteiger partial charge in [0.1, 0.15) is 6.61 Å². The second-order valence-corrected chi connectivity index (χ2v) is 13.0. The van der Waals surface area contributed by atoms with E-state index in [9.17, 15) is 14.2 Å². The third kappa shape index (κ3) is 30.3. The Morgan fingerprint density at radius 2 is 1.07 bits per heavy atom. The van der Waals surface area contributed by atoms with Crippen LogP contribution in [0.2, 0.25) is 0 Å². The SMILES string of the molecule is CCCCCCCC(=O)OC[C@H](COP(=O)(O)O)OC(=O)CCCCCCCCCCCCCCCCC(C)CC. The molecule has 244 valence electrons. The van der Waals surface area contributed by atoms with E-state index in [0.29, 0.717) is 6.42 Å². The predicted molar refractivity (Wildman–Crippen MR) is 166 cm³/mol. The van der Waals surface area contributed by atoms with Gasteiger partial charge in [-0.15, -0.1) is 0 Å². The fourth-order valence-electron chi connectivity index (χ4n) is 4.76. The fourth-order valence-corrected chi connectivity index (χ4v) is 5.12. The van der Waals surface area contributed by atoms with E-state index < -0.39 is 32.5 Å². The second-order valence-electron chi connectivity index (χ2n) is 11.7. The van der Waals surface area contributed by atoms with Crippen LogP contribution in [-0.2, 0) is 28.2 Å². The van der Waals surface area contributed by atoms with Gasteiger partial charge >= 0.3 is 19.8 Å². The van der Waals surface area contributed by atoms with Crippen molar-refractivity contribution in [2.45, 2.75) is 175 Å². The molecule has 0 fully saturated rings. The highest BCUT2D eigenvalue weighted by molar-refractivity contribution is 7.46. The Labute approximate surface area is 251 Å². The maximum absolute atomic E-state index is 12.3. The standard InChI is InChI=1S/C32H63O8P/c1-4-6-7-18-22-25-31(33)38-27-30(28-39-41(35,36)37)40-32(34)26-23-20-17-15-13-11-9-8-10-12-14-16-19-21-24-29(3)5-2/h29-30H,4-28H2,1-3H3,(H2,35,36,37)/t29?,30-/m1/s1. The molecule has 1 unspecified atom stereocenters. The number of phosphoric acid groups is 1. The highest BCUT2D eigenvalue weighted by Crippen LogP contribution is 2.36. The summed E-state index contributed by atoms with van der Waals surface area (Å²) in [5.41, 5.74) is 0. The minimum Gasteiger partial charge on any atom is -0.462 e. The first-order chi connectivity index (χ1) is 19.7. The molecule has 0 radical (unpaired) electrons. The Balaban J connectivity index is 3.85. The van der Waals surface area contributed by atoms with Crippen molar-refractivity contribution in [2.75, 3.05) is 13.2 Å². The van der Waals surface area contributed by atoms with Gasteiger partial charge in [0.25, 0.3) is 0 Å². The van der Waals surface area contributed by atoms with Crippen molar-refractivity contribution in [2.24, 2.45) is 5.92 Å². The summed E-state index contributed by atoms with van der Waals surface area (Å²) in [6.07, 6.45) is 24.4. The maximum atomic E-state index is 12.3. The monoisotopic (exact) mass is 606 g/mol. The Bertz CT molecular complexity index is 666. The number of phosphoric ester groups is 1. The average molecular weight is 607 g/mol. The van der Waals surface area contributed by atoms with Crippen LogP contribution in [0.25, 0.3) is 0 Å². The van der Waals surface area contributed by atoms with Crippen molar-refractivity contribution in [1.29, 1.82) is 0 Å². The average Bonchev–Trinajstić information content (AvgIpc) is 2.93. The van der Waals surface area contributed by atoms with Gasteiger partial charge in [0.15, 0.2) is 6.10 Å². The first kappa shape index (κ1) is 40.1. The Morgan fingerprint density at radius 3 is 1.54 bits per heavy atom. The van der Waals surface area contributed by atoms with Gasteiger partial charge in [-0.05, 0) is 18.8 Å². The van der Waals surface area contributed by atoms with Gasteiger partial charge in [0, 0.05) is 12.8 Å². The van der Waals surface area contributed by atoms with Gasteiger partial charge in [-0.25, -0.2) is 4.57 Å². The van der Waals surface area contributed by atoms with Gasteiger partial charge < -0.3 is 19.3 Å². The van der Waals surface area contributed by atoms with Crippen LogP contribution in [-0.4, -0.2) is 41.0 Å². The molecule has 0 aliphatic heterocycles. The topological polar surface area (TPSA) is 119 Å². The second kappa shape index (κ2) is 27.9. The normalized spacial score (nSPS) is 13.2. The summed E-state index contributed by atoms with van der Waals surface area (Å²) in [6, 6.07) is 0. The Hall–Kier alpha value is -0.950. The van der Waals surface area contributed by atoms with Gasteiger partial charge in [-0.1, -0.05) is 143 Å². The van der Waals surface area contributed by atoms with Crippen molar-refractivity contribution in [3.8, 4) is 0 Å². The minimum atomic E-state index is -4.73. The quantitative estimate of drug-likeness (QED) is 0.0472. The number of unbranched alkanes of at least 4 members (excludes halogenated alkanes) is 17. The molecular formula is C32H63O8P. The summed E-state index contributed by atoms with van der Waals surface area (Å²) < 4.78 is 26.0. The number of carbonyl (C=O) groups is 2. The molecule has 0 aromatic carbocycles. The molecular weight excluding hydrogens is 543 g/mol. The first-order valence-electron chi connectivity index (χ1n) is 16.7. The predicted octanol–water partition coefficient (Wildman–Crippen LogP) is 9.20. The molecule has 0 rings (SSSR count). The summed E-state index contributed by atoms with van der Waals surface area (Å²) in [4.78, 5) is 42.2. The number of esters is 2. The number of carbonyl (C=O) groups excluding carboxylic acids is 2. The first-order valence-corrected chi connectivity index (χ1v) is 18.3. The van der Waals surface area contributed by atoms with Crippen molar-refractivity contribution in [3.05, 3.63) is 0 Å². The third-order valence-electron chi connectivity index (χ3n) is 7.67. The highest BCUT2D eigenvalue weighted by atomic mass is 31.2. The number of rotatable bonds is 30. The molecule has 0 aromatic rings. The molecule has 0 aliphatic rings. The molecule has 0 bridgehead atoms. The van der Waals surface area contributed by atoms with Gasteiger partial charge in [0.2, 0.25) is 0 Å². The maximum Gasteiger partial charge on any atom is 0.469 e. The molecule has 0 saturated heterocycles. The van der Waals surface area contributed by atoms with Crippen LogP contribution < -0.4 is 0 Å². The summed E-state index contributed by atoms with van der Waals surface area (Å²) in [5.74, 6) is -0.00879. The van der Waals surface area contributed by atoms with Crippen LogP contribution >= 0.6 is 7.82 Å². The van der Waals surface area contributed by atoms with E-state index in [2.05, 4.69) is 25.3 Å². The smallest absolute Gasteiger partial charge is 0.462 e. The Kier molecular flexibility index (Phi) is 27.2. The molecule has 0 amide bonds. The number of hydrogen-bond donors (Lipinski definition) is 2. The molecule has 41 heavy (non-hydrogen) atoms. The highest BCUT2D eigenvalue weighted by Gasteiger charge is 2.22. The summed E-state index contributed by atoms with van der Waals surface area (Å²) in [7, 11) is -4.73. The van der Waals surface area contributed by atoms with Gasteiger partial charge in [0.05, 0.1) is 6.61 Å². The van der Waals surface area contributed by atoms with Gasteiger partial charge in [-0.3, -0.25) is 14.1 Å². The lowest BCUT2D eigenvalue weighted by Gasteiger charge is -2.18. The van der Waals surface area contributed by atoms with Crippen LogP contribution in [0.4, 0.5) is 0 Å². The van der Waals surface area contributed by atoms with E-state index in [-0.39, 0.29) is 19.4 Å². The zero-order valence-corrected chi connectivity index (χ0v) is 27.5. The van der Waals surface area contributed by atoms with Crippen LogP contribution in [0.3, 0.4) is 0 Å². The summed E-state index contributed by atoms with van der Waals surface area (Å²) >= 11 is 0. The largest absolute Gasteiger partial charge is 0.469 e. The summed E-state index contributed by atoms with van der Waals surface area (Å²) in [6.45, 7) is 5.94. The lowest BCUT2D eigenvalue weighted by Crippen LogP contribution is -2.29. The van der Waals surface area contributed by atoms with E-state index in [4.69, 9.17) is 19.3 Å². The molecule has 0 saturated carbocycles. The van der Waals surface area contributed by atoms with E-state index >= 15 is 0 Å². The number of ether oxygens (including phenoxy) is 2. The Morgan fingerprint density at radius 1 is 0.634 bits per heavy atom. The van der Waals surface area contributed by atoms with Crippen molar-refractivity contribution < 1.29 is 37.9 Å². The molecule has 8 nitrogen and oxygen atoms in total. The zero-order valence-electron chi connectivity index (χ0n) is 26.6. The lowest BCUT2D eigenvalue weighted by molar-refractivity contribution is -0.161. The van der Waals surface area contributed by atoms with Crippen molar-refractivity contribution in [3.63, 3.8) is 0 Å². The number of hydrogen-bond acceptors (Lipinski definition) is 6. The van der Waals surface area contributed by atoms with Crippen molar-refractivity contribution in [1.82, 2.24) is 0 Å². The molecule has 2 atom stereocenters. The molecule has 2 N–H and O–H groups in total. The van der Waals surface area contributed by atoms with E-state index in [1.165, 1.54) is 83.5 Å². The summed E-state index contributed by atoms with van der Waals surface area (Å²) in [5, 5.41) is 0. The molecule has 9 heteroatoms. The van der Waals surface area contributed by atoms with Gasteiger partial charge in [-0.2, -0.15) is 0 Å². The van der Waals surface area contributed by atoms with E-state index in [1.54, 1.807) is 0 Å². The van der Waals surface area contributed by atoms with Crippen LogP contribution in [0.5, 0.6) is 0 Å². The van der Waals surface area contributed by atoms with Crippen LogP contribution in [0.15, 0.2) is 0 Å². The van der Waals surface area contributed by atoms with E-state index in [1.807, 2.05) is 0 Å². The molecule has 0 spiro atoms. The zero-order chi connectivity index (χ0) is 30.6. The lowest BCUT2D eigenvalue weighted by atomic mass is 9.99. The van der Waals surface area contributed by atoms with Crippen molar-refractivity contribution >= 4 is 19.8 Å². The third-order valence-corrected chi connectivity index (χ3v) is 8.15. The minimum absolute atomic E-state index is 0.218. The fraction of sp³-hybridized carbons (Fsp3) is 0.938. The van der Waals surface area contributed by atoms with E-state index in [0.717, 1.165) is 50.9 Å². The van der Waals surface area contributed by atoms with Crippen LogP contribution in [0.1, 0.15) is 168 Å². The molecule has 0 heterocycles.